The van der Waals surface area contributed by atoms with Crippen molar-refractivity contribution in [1.29, 1.82) is 0 Å². The fourth-order valence-corrected chi connectivity index (χ4v) is 23.9. The van der Waals surface area contributed by atoms with Crippen LogP contribution < -0.4 is 28.4 Å². The monoisotopic (exact) mass is 1920 g/mol. The quantitative estimate of drug-likeness (QED) is 0.0329. The highest BCUT2D eigenvalue weighted by Gasteiger charge is 2.65. The molecule has 0 N–H and O–H groups in total. The molecule has 0 aromatic heterocycles. The molecule has 15 unspecified atom stereocenters. The van der Waals surface area contributed by atoms with Crippen molar-refractivity contribution in [2.24, 2.45) is 29.1 Å². The first-order valence-electron chi connectivity index (χ1n) is 54.2. The maximum Gasteiger partial charge on any atom is 0.139 e. The third-order valence-electron chi connectivity index (χ3n) is 31.1. The Kier molecular flexibility index (Phi) is 55.5. The number of unbranched alkanes of at least 4 members (excludes halogenated alkanes) is 9. The average Bonchev–Trinajstić information content (AvgIpc) is 0.705. The van der Waals surface area contributed by atoms with Gasteiger partial charge < -0.3 is 47.7 Å². The Morgan fingerprint density at radius 3 is 0.986 bits per heavy atom. The fraction of sp³-hybridized carbons (Fsp3) is 0.653. The van der Waals surface area contributed by atoms with E-state index >= 15 is 14.4 Å². The van der Waals surface area contributed by atoms with Crippen molar-refractivity contribution < 1.29 is 57.2 Å². The van der Waals surface area contributed by atoms with E-state index in [0.29, 0.717) is 161 Å². The molecule has 0 bridgehead atoms. The standard InChI is InChI=1S/C121H190N6O12/c1-26-33-38-50-105(132)65-76-114(124(29-4)91(12)83-101-59-70-108(136-22)71-60-101)119(112(79-80-122(27-2)89(10)81-99-55-66-106(134-20)67-56-99)113(77-78-116(133)88(8)9)123(28-3)90(11)82-100-57-68-107(135-21)69-58-100)120(115(52-42-36-40-47-96(17)129)125(30-5)92(13)84-102-61-72-109(137-23)73-62-102)121(98(19)131,118(54-44-37-41-48-97(18)130)126(31-6)93(14)85-103-63-74-110(138-24)75-64-103)117(53-43-35-34-39-46-95(16)128)127(32-7)94(15)86-104-49-45-51-111(87-104)139-25/h45,49,51,55-64,66-75,87-94,112-115,117-120H,26-44,46-48,50,52-54,65,76-86H2,1-25H3. The van der Waals surface area contributed by atoms with Gasteiger partial charge in [0.2, 0.25) is 0 Å². The van der Waals surface area contributed by atoms with Crippen molar-refractivity contribution in [3.8, 4) is 34.5 Å². The predicted molar refractivity (Wildman–Crippen MR) is 577 cm³/mol. The number of carbonyl (C=O) groups is 6. The van der Waals surface area contributed by atoms with Crippen LogP contribution in [0.1, 0.15) is 325 Å². The number of hydrogen-bond donors (Lipinski definition) is 0. The minimum atomic E-state index is -1.40. The van der Waals surface area contributed by atoms with Crippen LogP contribution in [-0.2, 0) is 67.3 Å². The van der Waals surface area contributed by atoms with Crippen LogP contribution in [-0.4, -0.2) is 219 Å². The molecule has 0 radical (unpaired) electrons. The maximum absolute atomic E-state index is 19.8. The molecule has 0 spiro atoms. The number of ether oxygens (including phenoxy) is 6. The van der Waals surface area contributed by atoms with Crippen molar-refractivity contribution in [2.45, 2.75) is 397 Å². The molecule has 6 rings (SSSR count). The SMILES string of the molecule is CCCCCC(=O)CCC(C(C(CCN(CC)C(C)Cc1ccc(OC)cc1)C(CCC(=O)C(C)C)N(CC)C(C)Cc1ccc(OC)cc1)C(C(CCCCCC(C)=O)N(CC)C(C)Cc1ccc(OC)cc1)C(C(C)=O)(C(CCCCCCC(C)=O)N(CC)C(C)Cc1cccc(OC)c1)C(CCCCCC(C)=O)N(CC)C(C)Cc1ccc(OC)cc1)N(CC)C(C)Cc1ccc(OC)cc1. The summed E-state index contributed by atoms with van der Waals surface area (Å²) in [4.78, 5) is 109. The molecule has 6 aromatic carbocycles. The van der Waals surface area contributed by atoms with Crippen LogP contribution in [0.25, 0.3) is 0 Å². The minimum Gasteiger partial charge on any atom is -0.497 e. The second-order valence-corrected chi connectivity index (χ2v) is 40.9. The number of ketones is 6. The number of Topliss-reactive ketones (excluding diaryl/α,β-unsaturated/α-hetero) is 6. The number of likely N-dealkylation sites (N-methyl/N-ethyl adjacent to an activating group) is 6. The summed E-state index contributed by atoms with van der Waals surface area (Å²) in [6, 6.07) is 48.8. The molecule has 776 valence electrons. The van der Waals surface area contributed by atoms with E-state index in [2.05, 4.69) is 280 Å². The molecule has 15 atom stereocenters. The van der Waals surface area contributed by atoms with E-state index in [0.717, 1.165) is 135 Å². The van der Waals surface area contributed by atoms with E-state index in [1.165, 1.54) is 16.7 Å². The lowest BCUT2D eigenvalue weighted by molar-refractivity contribution is -0.172. The summed E-state index contributed by atoms with van der Waals surface area (Å²) in [6.45, 7) is 46.8. The van der Waals surface area contributed by atoms with Gasteiger partial charge in [-0.15, -0.1) is 0 Å². The van der Waals surface area contributed by atoms with Crippen LogP contribution in [0.4, 0.5) is 0 Å². The lowest BCUT2D eigenvalue weighted by Gasteiger charge is -2.64. The summed E-state index contributed by atoms with van der Waals surface area (Å²) < 4.78 is 35.7. The summed E-state index contributed by atoms with van der Waals surface area (Å²) in [5, 5.41) is 0. The van der Waals surface area contributed by atoms with Gasteiger partial charge in [-0.05, 0) is 342 Å². The van der Waals surface area contributed by atoms with Crippen molar-refractivity contribution in [3.63, 3.8) is 0 Å². The van der Waals surface area contributed by atoms with Gasteiger partial charge in [-0.2, -0.15) is 0 Å². The van der Waals surface area contributed by atoms with Gasteiger partial charge in [0.15, 0.2) is 0 Å². The number of nitrogens with zero attached hydrogens (tertiary/aromatic N) is 6. The molecule has 139 heavy (non-hydrogen) atoms. The molecule has 0 aliphatic rings. The van der Waals surface area contributed by atoms with Crippen LogP contribution in [0.2, 0.25) is 0 Å². The highest BCUT2D eigenvalue weighted by molar-refractivity contribution is 5.85. The number of benzene rings is 6. The third kappa shape index (κ3) is 37.9. The first-order valence-corrected chi connectivity index (χ1v) is 54.2. The molecule has 6 aromatic rings. The third-order valence-corrected chi connectivity index (χ3v) is 31.1. The topological polar surface area (TPSA) is 177 Å². The Bertz CT molecular complexity index is 4430. The summed E-state index contributed by atoms with van der Waals surface area (Å²) in [7, 11) is 10.4. The Morgan fingerprint density at radius 1 is 0.302 bits per heavy atom. The lowest BCUT2D eigenvalue weighted by Crippen LogP contribution is -2.73. The van der Waals surface area contributed by atoms with Gasteiger partial charge in [0, 0.05) is 111 Å². The average molecular weight is 1920 g/mol. The van der Waals surface area contributed by atoms with E-state index in [1.54, 1.807) is 63.4 Å². The highest BCUT2D eigenvalue weighted by atomic mass is 16.5. The van der Waals surface area contributed by atoms with Crippen molar-refractivity contribution in [3.05, 3.63) is 179 Å². The van der Waals surface area contributed by atoms with Crippen molar-refractivity contribution >= 4 is 34.7 Å². The second-order valence-electron chi connectivity index (χ2n) is 40.9. The van der Waals surface area contributed by atoms with Crippen molar-refractivity contribution in [2.75, 3.05) is 88.5 Å². The number of hydrogen-bond acceptors (Lipinski definition) is 18. The van der Waals surface area contributed by atoms with Gasteiger partial charge >= 0.3 is 0 Å². The number of carbonyl (C=O) groups excluding carboxylic acids is 6. The molecule has 0 saturated carbocycles. The minimum absolute atomic E-state index is 0.0499. The molecule has 0 amide bonds. The smallest absolute Gasteiger partial charge is 0.139 e. The predicted octanol–water partition coefficient (Wildman–Crippen LogP) is 25.4. The second kappa shape index (κ2) is 64.5. The highest BCUT2D eigenvalue weighted by Crippen LogP contribution is 2.58. The number of methoxy groups -OCH3 is 6. The van der Waals surface area contributed by atoms with E-state index in [-0.39, 0.29) is 88.8 Å². The summed E-state index contributed by atoms with van der Waals surface area (Å²) in [5.41, 5.74) is 5.61. The Labute approximate surface area is 844 Å². The normalized spacial score (nSPS) is 15.5. The van der Waals surface area contributed by atoms with Gasteiger partial charge in [0.25, 0.3) is 0 Å². The molecular formula is C121H190N6O12. The molecule has 18 nitrogen and oxygen atoms in total. The Balaban J connectivity index is 2.21. The Hall–Kier alpha value is -8.10. The van der Waals surface area contributed by atoms with Crippen LogP contribution in [0.3, 0.4) is 0 Å². The summed E-state index contributed by atoms with van der Waals surface area (Å²) >= 11 is 0. The number of rotatable bonds is 77. The van der Waals surface area contributed by atoms with E-state index in [1.807, 2.05) is 6.07 Å². The largest absolute Gasteiger partial charge is 0.497 e. The van der Waals surface area contributed by atoms with E-state index in [9.17, 15) is 14.4 Å². The van der Waals surface area contributed by atoms with Gasteiger partial charge in [-0.25, -0.2) is 0 Å². The molecule has 0 aliphatic carbocycles. The zero-order valence-electron chi connectivity index (χ0n) is 91.5. The summed E-state index contributed by atoms with van der Waals surface area (Å²) in [6.07, 6.45) is 20.5. The molecule has 0 saturated heterocycles. The zero-order valence-corrected chi connectivity index (χ0v) is 91.5. The molecule has 0 fully saturated rings. The van der Waals surface area contributed by atoms with Gasteiger partial charge in [0.05, 0.1) is 48.1 Å². The zero-order chi connectivity index (χ0) is 102. The summed E-state index contributed by atoms with van der Waals surface area (Å²) in [5.74, 6) is 4.13. The molecule has 0 aliphatic heterocycles. The van der Waals surface area contributed by atoms with E-state index in [4.69, 9.17) is 28.4 Å². The fourth-order valence-electron chi connectivity index (χ4n) is 23.9. The first kappa shape index (κ1) is 120. The van der Waals surface area contributed by atoms with Crippen LogP contribution >= 0.6 is 0 Å². The van der Waals surface area contributed by atoms with Gasteiger partial charge in [-0.1, -0.05) is 193 Å². The van der Waals surface area contributed by atoms with Crippen LogP contribution in [0.15, 0.2) is 146 Å². The van der Waals surface area contributed by atoms with E-state index < -0.39 is 41.4 Å². The van der Waals surface area contributed by atoms with Crippen molar-refractivity contribution in [1.82, 2.24) is 29.4 Å². The Morgan fingerprint density at radius 2 is 0.633 bits per heavy atom. The molecule has 18 heteroatoms. The van der Waals surface area contributed by atoms with Crippen LogP contribution in [0, 0.1) is 29.1 Å². The van der Waals surface area contributed by atoms with Gasteiger partial charge in [-0.3, -0.25) is 38.9 Å². The first-order chi connectivity index (χ1) is 66.8. The molecule has 0 heterocycles. The maximum atomic E-state index is 19.8. The molecular weight excluding hydrogens is 1730 g/mol. The lowest BCUT2D eigenvalue weighted by atomic mass is 9.49. The van der Waals surface area contributed by atoms with Crippen LogP contribution in [0.5, 0.6) is 34.5 Å². The van der Waals surface area contributed by atoms with Gasteiger partial charge in [0.1, 0.15) is 69.2 Å².